The summed E-state index contributed by atoms with van der Waals surface area (Å²) in [5.74, 6) is 0. The Morgan fingerprint density at radius 3 is 2.84 bits per heavy atom. The Morgan fingerprint density at radius 1 is 1.19 bits per heavy atom. The van der Waals surface area contributed by atoms with Crippen LogP contribution in [0.25, 0.3) is 32.8 Å². The van der Waals surface area contributed by atoms with Crippen molar-refractivity contribution in [2.45, 2.75) is 0 Å². The molecule has 8 nitrogen and oxygen atoms in total. The zero-order valence-electron chi connectivity index (χ0n) is 16.9. The molecule has 0 unspecified atom stereocenters. The third-order valence-electron chi connectivity index (χ3n) is 5.86. The number of nitrogens with zero attached hydrogens (tertiary/aromatic N) is 4. The molecule has 32 heavy (non-hydrogen) atoms. The molecule has 0 aliphatic carbocycles. The van der Waals surface area contributed by atoms with Crippen molar-refractivity contribution in [3.05, 3.63) is 54.4 Å². The molecule has 4 heterocycles. The fraction of sp³-hybridized carbons (Fsp3) is 0.217. The van der Waals surface area contributed by atoms with E-state index in [9.17, 15) is 10.1 Å². The third-order valence-corrected chi connectivity index (χ3v) is 6.88. The molecule has 2 aliphatic heterocycles. The summed E-state index contributed by atoms with van der Waals surface area (Å²) in [5, 5.41) is 12.8. The number of aromatic nitrogens is 2. The van der Waals surface area contributed by atoms with E-state index < -0.39 is 0 Å². The maximum Gasteiger partial charge on any atom is 0.323 e. The van der Waals surface area contributed by atoms with Crippen molar-refractivity contribution in [1.82, 2.24) is 14.9 Å². The second-order valence-corrected chi connectivity index (χ2v) is 9.20. The van der Waals surface area contributed by atoms with Crippen LogP contribution in [-0.4, -0.2) is 47.2 Å². The molecule has 0 bridgehead atoms. The molecule has 2 aromatic carbocycles. The molecular weight excluding hydrogens is 426 g/mol. The number of nitriles is 1. The Kier molecular flexibility index (Phi) is 4.24. The van der Waals surface area contributed by atoms with Crippen LogP contribution in [0, 0.1) is 16.7 Å². The number of urea groups is 1. The summed E-state index contributed by atoms with van der Waals surface area (Å²) in [6.45, 7) is 2.86. The highest BCUT2D eigenvalue weighted by Gasteiger charge is 2.50. The molecule has 1 spiro atoms. The highest BCUT2D eigenvalue weighted by Crippen LogP contribution is 2.41. The molecule has 2 saturated heterocycles. The number of hydrogen-bond acceptors (Lipinski definition) is 7. The zero-order valence-corrected chi connectivity index (χ0v) is 17.7. The minimum absolute atomic E-state index is 0.154. The van der Waals surface area contributed by atoms with Gasteiger partial charge in [0.25, 0.3) is 0 Å². The molecule has 4 aromatic rings. The van der Waals surface area contributed by atoms with Crippen LogP contribution < -0.4 is 5.32 Å². The first-order chi connectivity index (χ1) is 15.6. The van der Waals surface area contributed by atoms with E-state index >= 15 is 0 Å². The van der Waals surface area contributed by atoms with Crippen molar-refractivity contribution in [2.75, 3.05) is 31.6 Å². The number of carbonyl (C=O) groups excluding carboxylic acids is 1. The topological polar surface area (TPSA) is 104 Å². The standard InChI is InChI=1S/C23H17N5O3S/c24-8-14-2-1-3-15(6-14)19-20(16-4-5-17-18(7-16)31-13-25-17)32-21(26-19)27-22(29)28-9-23(10-28)11-30-12-23/h1-7,13H,9-12H2,(H,26,27,29). The molecule has 2 aromatic heterocycles. The molecule has 0 atom stereocenters. The monoisotopic (exact) mass is 443 g/mol. The largest absolute Gasteiger partial charge is 0.443 e. The fourth-order valence-electron chi connectivity index (χ4n) is 4.15. The number of amides is 2. The number of thiazole rings is 1. The summed E-state index contributed by atoms with van der Waals surface area (Å²) in [7, 11) is 0. The van der Waals surface area contributed by atoms with Gasteiger partial charge >= 0.3 is 6.03 Å². The fourth-order valence-corrected chi connectivity index (χ4v) is 5.12. The van der Waals surface area contributed by atoms with Gasteiger partial charge in [0, 0.05) is 18.7 Å². The lowest BCUT2D eigenvalue weighted by atomic mass is 9.78. The van der Waals surface area contributed by atoms with Gasteiger partial charge < -0.3 is 14.1 Å². The van der Waals surface area contributed by atoms with Gasteiger partial charge in [0.15, 0.2) is 17.1 Å². The predicted molar refractivity (Wildman–Crippen MR) is 119 cm³/mol. The summed E-state index contributed by atoms with van der Waals surface area (Å²) >= 11 is 1.39. The van der Waals surface area contributed by atoms with E-state index in [1.54, 1.807) is 17.0 Å². The summed E-state index contributed by atoms with van der Waals surface area (Å²) in [6.07, 6.45) is 1.41. The van der Waals surface area contributed by atoms with Crippen LogP contribution in [-0.2, 0) is 4.74 Å². The molecule has 158 valence electrons. The number of rotatable bonds is 3. The first kappa shape index (κ1) is 19.0. The smallest absolute Gasteiger partial charge is 0.323 e. The van der Waals surface area contributed by atoms with Gasteiger partial charge in [-0.15, -0.1) is 0 Å². The Balaban J connectivity index is 1.36. The van der Waals surface area contributed by atoms with Crippen molar-refractivity contribution in [3.8, 4) is 27.8 Å². The van der Waals surface area contributed by atoms with Gasteiger partial charge in [0.05, 0.1) is 40.8 Å². The summed E-state index contributed by atoms with van der Waals surface area (Å²) < 4.78 is 10.7. The van der Waals surface area contributed by atoms with Crippen LogP contribution in [0.1, 0.15) is 5.56 Å². The van der Waals surface area contributed by atoms with E-state index in [2.05, 4.69) is 16.4 Å². The lowest BCUT2D eigenvalue weighted by molar-refractivity contribution is -0.174. The van der Waals surface area contributed by atoms with E-state index in [4.69, 9.17) is 14.1 Å². The molecule has 2 fully saturated rings. The van der Waals surface area contributed by atoms with E-state index in [0.29, 0.717) is 35.1 Å². The van der Waals surface area contributed by atoms with Crippen molar-refractivity contribution in [2.24, 2.45) is 5.41 Å². The molecule has 1 N–H and O–H groups in total. The van der Waals surface area contributed by atoms with Gasteiger partial charge in [-0.05, 0) is 29.8 Å². The number of hydrogen-bond donors (Lipinski definition) is 1. The van der Waals surface area contributed by atoms with Crippen LogP contribution in [0.15, 0.2) is 53.3 Å². The lowest BCUT2D eigenvalue weighted by Crippen LogP contribution is -2.67. The SMILES string of the molecule is N#Cc1cccc(-c2nc(NC(=O)N3CC4(COC4)C3)sc2-c2ccc3ncoc3c2)c1. The third kappa shape index (κ3) is 3.12. The van der Waals surface area contributed by atoms with Crippen molar-refractivity contribution in [1.29, 1.82) is 5.26 Å². The van der Waals surface area contributed by atoms with Crippen LogP contribution in [0.4, 0.5) is 9.93 Å². The minimum Gasteiger partial charge on any atom is -0.443 e. The van der Waals surface area contributed by atoms with Crippen LogP contribution in [0.5, 0.6) is 0 Å². The normalized spacial score (nSPS) is 16.4. The van der Waals surface area contributed by atoms with Crippen LogP contribution in [0.2, 0.25) is 0 Å². The van der Waals surface area contributed by atoms with Gasteiger partial charge in [0.1, 0.15) is 5.52 Å². The molecule has 2 amide bonds. The molecule has 0 saturated carbocycles. The van der Waals surface area contributed by atoms with Gasteiger partial charge in [-0.1, -0.05) is 29.5 Å². The Hall–Kier alpha value is -3.74. The summed E-state index contributed by atoms with van der Waals surface area (Å²) in [4.78, 5) is 24.3. The summed E-state index contributed by atoms with van der Waals surface area (Å²) in [5.41, 5.74) is 4.56. The van der Waals surface area contributed by atoms with E-state index in [0.717, 1.165) is 34.7 Å². The quantitative estimate of drug-likeness (QED) is 0.505. The number of anilines is 1. The minimum atomic E-state index is -0.161. The molecular formula is C23H17N5O3S. The Morgan fingerprint density at radius 2 is 2.06 bits per heavy atom. The molecule has 2 aliphatic rings. The van der Waals surface area contributed by atoms with Gasteiger partial charge in [-0.2, -0.15) is 5.26 Å². The number of benzene rings is 2. The van der Waals surface area contributed by atoms with Crippen molar-refractivity contribution < 1.29 is 13.9 Å². The highest BCUT2D eigenvalue weighted by atomic mass is 32.1. The van der Waals surface area contributed by atoms with Gasteiger partial charge in [0.2, 0.25) is 0 Å². The average Bonchev–Trinajstić information content (AvgIpc) is 3.38. The number of oxazole rings is 1. The second-order valence-electron chi connectivity index (χ2n) is 8.20. The van der Waals surface area contributed by atoms with E-state index in [1.165, 1.54) is 17.7 Å². The van der Waals surface area contributed by atoms with Crippen LogP contribution >= 0.6 is 11.3 Å². The first-order valence-electron chi connectivity index (χ1n) is 10.1. The maximum absolute atomic E-state index is 12.7. The lowest BCUT2D eigenvalue weighted by Gasteiger charge is -2.54. The summed E-state index contributed by atoms with van der Waals surface area (Å²) in [6, 6.07) is 15.1. The number of carbonyl (C=O) groups is 1. The highest BCUT2D eigenvalue weighted by molar-refractivity contribution is 7.19. The number of nitrogens with one attached hydrogen (secondary N) is 1. The second kappa shape index (κ2) is 7.15. The van der Waals surface area contributed by atoms with E-state index in [1.807, 2.05) is 30.3 Å². The number of ether oxygens (including phenoxy) is 1. The van der Waals surface area contributed by atoms with Gasteiger partial charge in [-0.25, -0.2) is 14.8 Å². The van der Waals surface area contributed by atoms with Gasteiger partial charge in [-0.3, -0.25) is 5.32 Å². The van der Waals surface area contributed by atoms with E-state index in [-0.39, 0.29) is 11.4 Å². The molecule has 0 radical (unpaired) electrons. The predicted octanol–water partition coefficient (Wildman–Crippen LogP) is 4.35. The molecule has 6 rings (SSSR count). The first-order valence-corrected chi connectivity index (χ1v) is 10.9. The van der Waals surface area contributed by atoms with Crippen molar-refractivity contribution >= 4 is 33.6 Å². The molecule has 9 heteroatoms. The van der Waals surface area contributed by atoms with Crippen LogP contribution in [0.3, 0.4) is 0 Å². The average molecular weight is 443 g/mol. The maximum atomic E-state index is 12.7. The Labute approximate surface area is 187 Å². The number of fused-ring (bicyclic) bond motifs is 1. The number of likely N-dealkylation sites (tertiary alicyclic amines) is 1. The Bertz CT molecular complexity index is 1390. The van der Waals surface area contributed by atoms with Crippen molar-refractivity contribution in [3.63, 3.8) is 0 Å². The zero-order chi connectivity index (χ0) is 21.7.